The highest BCUT2D eigenvalue weighted by molar-refractivity contribution is 9.10. The van der Waals surface area contributed by atoms with Gasteiger partial charge in [-0.25, -0.2) is 9.18 Å². The summed E-state index contributed by atoms with van der Waals surface area (Å²) < 4.78 is 19.6. The zero-order valence-corrected chi connectivity index (χ0v) is 11.2. The van der Waals surface area contributed by atoms with Crippen molar-refractivity contribution in [1.82, 2.24) is 4.98 Å². The van der Waals surface area contributed by atoms with Gasteiger partial charge >= 0.3 is 5.97 Å². The number of carboxylic acid groups (broad SMARTS) is 1. The van der Waals surface area contributed by atoms with Crippen LogP contribution in [0.3, 0.4) is 0 Å². The lowest BCUT2D eigenvalue weighted by atomic mass is 10.2. The molecule has 98 valence electrons. The molecule has 0 bridgehead atoms. The highest BCUT2D eigenvalue weighted by atomic mass is 79.9. The molecule has 0 aliphatic rings. The molecule has 4 nitrogen and oxygen atoms in total. The molecule has 1 heterocycles. The summed E-state index contributed by atoms with van der Waals surface area (Å²) >= 11 is 3.24. The minimum Gasteiger partial charge on any atom is -0.483 e. The van der Waals surface area contributed by atoms with Gasteiger partial charge in [0.25, 0.3) is 0 Å². The Morgan fingerprint density at radius 2 is 2.16 bits per heavy atom. The van der Waals surface area contributed by atoms with Crippen LogP contribution in [0, 0.1) is 5.82 Å². The lowest BCUT2D eigenvalue weighted by Gasteiger charge is -2.09. The Morgan fingerprint density at radius 1 is 1.37 bits per heavy atom. The number of benzene rings is 1. The maximum atomic E-state index is 13.6. The molecular formula is C13H9BrFNO3. The smallest absolute Gasteiger partial charge is 0.339 e. The molecule has 0 saturated carbocycles. The molecule has 0 amide bonds. The highest BCUT2D eigenvalue weighted by Gasteiger charge is 2.15. The van der Waals surface area contributed by atoms with E-state index in [1.807, 2.05) is 0 Å². The first-order valence-corrected chi connectivity index (χ1v) is 6.12. The standard InChI is InChI=1S/C13H9BrFNO3/c14-8-4-5-9(16-6-8)7-19-12-10(13(17)18)2-1-3-11(12)15/h1-6H,7H2,(H,17,18). The van der Waals surface area contributed by atoms with Crippen LogP contribution >= 0.6 is 15.9 Å². The largest absolute Gasteiger partial charge is 0.483 e. The maximum absolute atomic E-state index is 13.6. The molecule has 0 radical (unpaired) electrons. The number of carboxylic acids is 1. The maximum Gasteiger partial charge on any atom is 0.339 e. The van der Waals surface area contributed by atoms with Crippen LogP contribution in [0.4, 0.5) is 4.39 Å². The molecule has 2 aromatic rings. The lowest BCUT2D eigenvalue weighted by Crippen LogP contribution is -2.06. The van der Waals surface area contributed by atoms with Crippen molar-refractivity contribution in [2.45, 2.75) is 6.61 Å². The third-order valence-corrected chi connectivity index (χ3v) is 2.82. The Hall–Kier alpha value is -1.95. The fourth-order valence-corrected chi connectivity index (χ4v) is 1.70. The normalized spacial score (nSPS) is 10.2. The zero-order valence-electron chi connectivity index (χ0n) is 9.64. The van der Waals surface area contributed by atoms with Crippen LogP contribution in [0.25, 0.3) is 0 Å². The summed E-state index contributed by atoms with van der Waals surface area (Å²) in [5.74, 6) is -2.23. The second-order valence-corrected chi connectivity index (χ2v) is 4.59. The van der Waals surface area contributed by atoms with Gasteiger partial charge < -0.3 is 9.84 Å². The van der Waals surface area contributed by atoms with Crippen molar-refractivity contribution in [1.29, 1.82) is 0 Å². The summed E-state index contributed by atoms with van der Waals surface area (Å²) in [5.41, 5.74) is 0.361. The number of hydrogen-bond acceptors (Lipinski definition) is 3. The van der Waals surface area contributed by atoms with E-state index in [0.717, 1.165) is 10.5 Å². The van der Waals surface area contributed by atoms with Crippen LogP contribution in [0.15, 0.2) is 41.0 Å². The zero-order chi connectivity index (χ0) is 13.8. The van der Waals surface area contributed by atoms with Crippen molar-refractivity contribution < 1.29 is 19.0 Å². The molecule has 0 aliphatic carbocycles. The minimum absolute atomic E-state index is 0.00546. The Morgan fingerprint density at radius 3 is 2.79 bits per heavy atom. The molecule has 0 saturated heterocycles. The van der Waals surface area contributed by atoms with E-state index in [2.05, 4.69) is 20.9 Å². The van der Waals surface area contributed by atoms with Crippen LogP contribution in [-0.2, 0) is 6.61 Å². The molecular weight excluding hydrogens is 317 g/mol. The van der Waals surface area contributed by atoms with E-state index >= 15 is 0 Å². The van der Waals surface area contributed by atoms with Gasteiger partial charge in [0.05, 0.1) is 5.69 Å². The molecule has 0 fully saturated rings. The SMILES string of the molecule is O=C(O)c1cccc(F)c1OCc1ccc(Br)cn1. The van der Waals surface area contributed by atoms with E-state index in [9.17, 15) is 9.18 Å². The Kier molecular flexibility index (Phi) is 4.11. The van der Waals surface area contributed by atoms with Crippen LogP contribution in [-0.4, -0.2) is 16.1 Å². The molecule has 0 spiro atoms. The summed E-state index contributed by atoms with van der Waals surface area (Å²) in [6.45, 7) is -0.00546. The van der Waals surface area contributed by atoms with Crippen molar-refractivity contribution in [2.75, 3.05) is 0 Å². The topological polar surface area (TPSA) is 59.4 Å². The molecule has 0 atom stereocenters. The first-order chi connectivity index (χ1) is 9.08. The number of pyridine rings is 1. The summed E-state index contributed by atoms with van der Waals surface area (Å²) in [7, 11) is 0. The summed E-state index contributed by atoms with van der Waals surface area (Å²) in [5, 5.41) is 8.96. The molecule has 0 aliphatic heterocycles. The van der Waals surface area contributed by atoms with E-state index in [-0.39, 0.29) is 17.9 Å². The Bertz CT molecular complexity index is 601. The molecule has 1 N–H and O–H groups in total. The number of halogens is 2. The predicted molar refractivity (Wildman–Crippen MR) is 69.6 cm³/mol. The van der Waals surface area contributed by atoms with Gasteiger partial charge in [-0.15, -0.1) is 0 Å². The van der Waals surface area contributed by atoms with E-state index < -0.39 is 11.8 Å². The number of ether oxygens (including phenoxy) is 1. The number of para-hydroxylation sites is 1. The summed E-state index contributed by atoms with van der Waals surface area (Å²) in [4.78, 5) is 15.0. The number of carbonyl (C=O) groups is 1. The van der Waals surface area contributed by atoms with Crippen molar-refractivity contribution in [2.24, 2.45) is 0 Å². The van der Waals surface area contributed by atoms with Gasteiger partial charge in [-0.1, -0.05) is 6.07 Å². The molecule has 6 heteroatoms. The third kappa shape index (κ3) is 3.29. The molecule has 2 rings (SSSR count). The van der Waals surface area contributed by atoms with E-state index in [1.165, 1.54) is 12.1 Å². The van der Waals surface area contributed by atoms with E-state index in [0.29, 0.717) is 5.69 Å². The lowest BCUT2D eigenvalue weighted by molar-refractivity contribution is 0.0690. The second-order valence-electron chi connectivity index (χ2n) is 3.68. The average Bonchev–Trinajstić information content (AvgIpc) is 2.39. The summed E-state index contributed by atoms with van der Waals surface area (Å²) in [6.07, 6.45) is 1.58. The number of aromatic nitrogens is 1. The predicted octanol–water partition coefficient (Wildman–Crippen LogP) is 3.26. The van der Waals surface area contributed by atoms with Crippen molar-refractivity contribution in [3.05, 3.63) is 58.1 Å². The van der Waals surface area contributed by atoms with Gasteiger partial charge in [0.15, 0.2) is 11.6 Å². The number of hydrogen-bond donors (Lipinski definition) is 1. The van der Waals surface area contributed by atoms with Gasteiger partial charge in [-0.05, 0) is 40.2 Å². The Labute approximate surface area is 117 Å². The molecule has 0 unspecified atom stereocenters. The molecule has 19 heavy (non-hydrogen) atoms. The van der Waals surface area contributed by atoms with Crippen LogP contribution in [0.2, 0.25) is 0 Å². The second kappa shape index (κ2) is 5.79. The number of aromatic carboxylic acids is 1. The molecule has 1 aromatic heterocycles. The van der Waals surface area contributed by atoms with Crippen LogP contribution in [0.5, 0.6) is 5.75 Å². The van der Waals surface area contributed by atoms with Crippen LogP contribution < -0.4 is 4.74 Å². The quantitative estimate of drug-likeness (QED) is 0.937. The van der Waals surface area contributed by atoms with E-state index in [1.54, 1.807) is 18.3 Å². The minimum atomic E-state index is -1.24. The number of nitrogens with zero attached hydrogens (tertiary/aromatic N) is 1. The van der Waals surface area contributed by atoms with E-state index in [4.69, 9.17) is 9.84 Å². The van der Waals surface area contributed by atoms with Gasteiger partial charge in [0.2, 0.25) is 0 Å². The van der Waals surface area contributed by atoms with Gasteiger partial charge in [0, 0.05) is 10.7 Å². The first-order valence-electron chi connectivity index (χ1n) is 5.33. The van der Waals surface area contributed by atoms with Crippen molar-refractivity contribution in [3.8, 4) is 5.75 Å². The highest BCUT2D eigenvalue weighted by Crippen LogP contribution is 2.23. The Balaban J connectivity index is 2.19. The molecule has 1 aromatic carbocycles. The van der Waals surface area contributed by atoms with Gasteiger partial charge in [0.1, 0.15) is 12.2 Å². The number of rotatable bonds is 4. The first kappa shape index (κ1) is 13.5. The fourth-order valence-electron chi connectivity index (χ4n) is 1.46. The van der Waals surface area contributed by atoms with Gasteiger partial charge in [-0.2, -0.15) is 0 Å². The van der Waals surface area contributed by atoms with Gasteiger partial charge in [-0.3, -0.25) is 4.98 Å². The van der Waals surface area contributed by atoms with Crippen molar-refractivity contribution >= 4 is 21.9 Å². The third-order valence-electron chi connectivity index (χ3n) is 2.35. The van der Waals surface area contributed by atoms with Crippen molar-refractivity contribution in [3.63, 3.8) is 0 Å². The monoisotopic (exact) mass is 325 g/mol. The summed E-state index contributed by atoms with van der Waals surface area (Å²) in [6, 6.07) is 7.23. The van der Waals surface area contributed by atoms with Crippen LogP contribution in [0.1, 0.15) is 16.1 Å². The fraction of sp³-hybridized carbons (Fsp3) is 0.0769. The average molecular weight is 326 g/mol.